The maximum Gasteiger partial charge on any atom is 0.410 e. The van der Waals surface area contributed by atoms with Crippen molar-refractivity contribution in [2.75, 3.05) is 40.2 Å². The summed E-state index contributed by atoms with van der Waals surface area (Å²) >= 11 is 0. The molecule has 4 aromatic carbocycles. The highest BCUT2D eigenvalue weighted by Gasteiger charge is 2.46. The number of pyridine rings is 1. The molecule has 1 fully saturated rings. The van der Waals surface area contributed by atoms with E-state index < -0.39 is 46.6 Å². The van der Waals surface area contributed by atoms with Gasteiger partial charge in [-0.1, -0.05) is 42.5 Å². The first-order chi connectivity index (χ1) is 31.4. The number of nitrogen functional groups attached to an aromatic ring is 1. The van der Waals surface area contributed by atoms with E-state index in [9.17, 15) is 4.79 Å². The van der Waals surface area contributed by atoms with Crippen molar-refractivity contribution >= 4 is 37.5 Å². The summed E-state index contributed by atoms with van der Waals surface area (Å²) in [6, 6.07) is 27.1. The Labute approximate surface area is 381 Å². The Balaban J connectivity index is 1.35. The average molecular weight is 937 g/mol. The van der Waals surface area contributed by atoms with E-state index >= 15 is 16.8 Å². The van der Waals surface area contributed by atoms with Crippen LogP contribution in [0.1, 0.15) is 37.5 Å². The first-order valence-corrected chi connectivity index (χ1v) is 23.6. The second-order valence-electron chi connectivity index (χ2n) is 16.5. The fourth-order valence-electron chi connectivity index (χ4n) is 7.38. The normalized spacial score (nSPS) is 13.5. The summed E-state index contributed by atoms with van der Waals surface area (Å²) in [7, 11) is -4.87. The van der Waals surface area contributed by atoms with Gasteiger partial charge in [-0.25, -0.2) is 26.1 Å². The molecule has 0 unspecified atom stereocenters. The minimum Gasteiger partial charge on any atom is -0.497 e. The highest BCUT2D eigenvalue weighted by atomic mass is 32.2. The summed E-state index contributed by atoms with van der Waals surface area (Å²) in [5.41, 5.74) is 7.99. The maximum absolute atomic E-state index is 16.1. The van der Waals surface area contributed by atoms with Crippen LogP contribution in [0.25, 0.3) is 28.2 Å². The zero-order chi connectivity index (χ0) is 47.0. The number of likely N-dealkylation sites (tertiary alicyclic amines) is 1. The van der Waals surface area contributed by atoms with Crippen LogP contribution in [0, 0.1) is 0 Å². The second kappa shape index (κ2) is 18.1. The number of sulfone groups is 1. The molecule has 1 aliphatic rings. The molecule has 7 aromatic rings. The van der Waals surface area contributed by atoms with E-state index in [4.69, 9.17) is 29.8 Å². The van der Waals surface area contributed by atoms with E-state index in [1.165, 1.54) is 44.9 Å². The minimum atomic E-state index is -4.92. The molecule has 1 saturated heterocycles. The molecule has 2 N–H and O–H groups in total. The van der Waals surface area contributed by atoms with Gasteiger partial charge in [-0.3, -0.25) is 0 Å². The van der Waals surface area contributed by atoms with Crippen molar-refractivity contribution in [3.63, 3.8) is 0 Å². The topological polar surface area (TPSA) is 229 Å². The molecule has 0 radical (unpaired) electrons. The predicted molar refractivity (Wildman–Crippen MR) is 243 cm³/mol. The average Bonchev–Trinajstić information content (AvgIpc) is 3.90. The quantitative estimate of drug-likeness (QED) is 0.134. The lowest BCUT2D eigenvalue weighted by Gasteiger charge is -2.39. The molecule has 0 aliphatic carbocycles. The number of ether oxygens (including phenoxy) is 4. The van der Waals surface area contributed by atoms with Crippen LogP contribution in [-0.2, 0) is 44.2 Å². The molecule has 0 atom stereocenters. The number of amides is 1. The number of rotatable bonds is 15. The van der Waals surface area contributed by atoms with Crippen molar-refractivity contribution < 1.29 is 40.6 Å². The van der Waals surface area contributed by atoms with Crippen LogP contribution < -0.4 is 19.9 Å². The third-order valence-electron chi connectivity index (χ3n) is 10.8. The van der Waals surface area contributed by atoms with Gasteiger partial charge in [-0.2, -0.15) is 14.1 Å². The van der Waals surface area contributed by atoms with Crippen LogP contribution in [0.5, 0.6) is 17.2 Å². The SMILES string of the molecule is COc1ccc(CN(Cc2ccc(OC)cc2)S(=O)(=O)c2c(S(=O)(=O)C3CN(C(=O)OC(C)(C)C)C3)ccc(-c3ccc4nc(N)nn4c3)c2-c2nnn(Cc3ccc(OC)cc3)n2)cc1. The number of nitrogens with two attached hydrogens (primary N) is 1. The number of benzene rings is 4. The number of anilines is 1. The molecule has 21 heteroatoms. The van der Waals surface area contributed by atoms with E-state index in [0.29, 0.717) is 39.6 Å². The van der Waals surface area contributed by atoms with Crippen molar-refractivity contribution in [3.8, 4) is 39.8 Å². The maximum atomic E-state index is 16.1. The van der Waals surface area contributed by atoms with E-state index in [-0.39, 0.29) is 55.6 Å². The summed E-state index contributed by atoms with van der Waals surface area (Å²) in [6.07, 6.45) is 0.908. The Morgan fingerprint density at radius 2 is 1.32 bits per heavy atom. The van der Waals surface area contributed by atoms with Crippen molar-refractivity contribution in [1.82, 2.24) is 44.0 Å². The van der Waals surface area contributed by atoms with Crippen LogP contribution in [0.3, 0.4) is 0 Å². The number of fused-ring (bicyclic) bond motifs is 1. The third kappa shape index (κ3) is 9.49. The summed E-state index contributed by atoms with van der Waals surface area (Å²) in [6.45, 7) is 4.38. The van der Waals surface area contributed by atoms with Crippen LogP contribution in [0.2, 0.25) is 0 Å². The van der Waals surface area contributed by atoms with Crippen LogP contribution in [-0.4, -0.2) is 112 Å². The number of hydrogen-bond acceptors (Lipinski definition) is 15. The molecule has 0 spiro atoms. The van der Waals surface area contributed by atoms with Gasteiger partial charge in [0.2, 0.25) is 21.8 Å². The van der Waals surface area contributed by atoms with Gasteiger partial charge in [-0.05, 0) is 103 Å². The van der Waals surface area contributed by atoms with Crippen molar-refractivity contribution in [1.29, 1.82) is 0 Å². The van der Waals surface area contributed by atoms with Crippen molar-refractivity contribution in [2.24, 2.45) is 0 Å². The van der Waals surface area contributed by atoms with E-state index in [1.807, 2.05) is 12.1 Å². The standard InChI is InChI=1S/C45H48N10O9S2/c1-45(2,3)64-44(56)52-27-36(28-52)65(57,58)38-21-20-37(32-13-22-39-47-43(46)50-54(39)26-32)40(42-48-51-55(49-42)25-31-11-18-35(63-6)19-12-31)41(38)66(59,60)53(23-29-7-14-33(61-4)15-8-29)24-30-9-16-34(62-5)17-10-30/h7-22,26,36H,23-25,27-28H2,1-6H3,(H2,46,50). The summed E-state index contributed by atoms with van der Waals surface area (Å²) in [4.78, 5) is 18.7. The lowest BCUT2D eigenvalue weighted by molar-refractivity contribution is 0.0139. The van der Waals surface area contributed by atoms with Gasteiger partial charge in [0.15, 0.2) is 15.5 Å². The molecule has 3 aromatic heterocycles. The molecular weight excluding hydrogens is 889 g/mol. The number of aromatic nitrogens is 7. The van der Waals surface area contributed by atoms with E-state index in [0.717, 1.165) is 5.56 Å². The van der Waals surface area contributed by atoms with Gasteiger partial charge >= 0.3 is 6.09 Å². The fourth-order valence-corrected chi connectivity index (χ4v) is 11.5. The summed E-state index contributed by atoms with van der Waals surface area (Å²) in [5.74, 6) is 1.59. The molecule has 0 bridgehead atoms. The molecule has 4 heterocycles. The monoisotopic (exact) mass is 936 g/mol. The number of tetrazole rings is 1. The first-order valence-electron chi connectivity index (χ1n) is 20.6. The van der Waals surface area contributed by atoms with Crippen molar-refractivity contribution in [3.05, 3.63) is 120 Å². The highest BCUT2D eigenvalue weighted by molar-refractivity contribution is 7.94. The van der Waals surface area contributed by atoms with E-state index in [1.54, 1.807) is 107 Å². The van der Waals surface area contributed by atoms with Gasteiger partial charge in [0.05, 0.1) is 38.3 Å². The molecule has 19 nitrogen and oxygen atoms in total. The smallest absolute Gasteiger partial charge is 0.410 e. The molecule has 66 heavy (non-hydrogen) atoms. The Hall–Kier alpha value is -7.10. The molecule has 1 amide bonds. The van der Waals surface area contributed by atoms with Crippen LogP contribution >= 0.6 is 0 Å². The molecule has 8 rings (SSSR count). The lowest BCUT2D eigenvalue weighted by Crippen LogP contribution is -2.57. The number of nitrogens with zero attached hydrogens (tertiary/aromatic N) is 9. The van der Waals surface area contributed by atoms with Gasteiger partial charge in [-0.15, -0.1) is 15.3 Å². The van der Waals surface area contributed by atoms with Gasteiger partial charge in [0.25, 0.3) is 0 Å². The van der Waals surface area contributed by atoms with Gasteiger partial charge < -0.3 is 29.6 Å². The fraction of sp³-hybridized carbons (Fsp3) is 0.289. The number of methoxy groups -OCH3 is 3. The molecule has 344 valence electrons. The third-order valence-corrected chi connectivity index (χ3v) is 15.0. The van der Waals surface area contributed by atoms with Gasteiger partial charge in [0.1, 0.15) is 33.0 Å². The zero-order valence-corrected chi connectivity index (χ0v) is 38.7. The molecular formula is C45H48N10O9S2. The molecule has 1 aliphatic heterocycles. The first kappa shape index (κ1) is 45.5. The minimum absolute atomic E-state index is 0.00820. The van der Waals surface area contributed by atoms with E-state index in [2.05, 4.69) is 20.4 Å². The number of carbonyl (C=O) groups excluding carboxylic acids is 1. The number of carbonyl (C=O) groups is 1. The lowest BCUT2D eigenvalue weighted by atomic mass is 10.0. The Morgan fingerprint density at radius 1 is 0.758 bits per heavy atom. The largest absolute Gasteiger partial charge is 0.497 e. The highest BCUT2D eigenvalue weighted by Crippen LogP contribution is 2.43. The number of hydrogen-bond donors (Lipinski definition) is 1. The summed E-state index contributed by atoms with van der Waals surface area (Å²) in [5, 5.41) is 16.5. The summed E-state index contributed by atoms with van der Waals surface area (Å²) < 4.78 is 86.6. The predicted octanol–water partition coefficient (Wildman–Crippen LogP) is 5.49. The number of sulfonamides is 1. The van der Waals surface area contributed by atoms with Crippen LogP contribution in [0.4, 0.5) is 10.7 Å². The Kier molecular flexibility index (Phi) is 12.4. The second-order valence-corrected chi connectivity index (χ2v) is 20.6. The Morgan fingerprint density at radius 3 is 1.86 bits per heavy atom. The van der Waals surface area contributed by atoms with Gasteiger partial charge in [0, 0.05) is 37.9 Å². The Bertz CT molecular complexity index is 3060. The van der Waals surface area contributed by atoms with Crippen LogP contribution in [0.15, 0.2) is 113 Å². The van der Waals surface area contributed by atoms with Crippen molar-refractivity contribution in [2.45, 2.75) is 61.0 Å². The molecule has 0 saturated carbocycles. The zero-order valence-electron chi connectivity index (χ0n) is 37.0.